The lowest BCUT2D eigenvalue weighted by molar-refractivity contribution is -0.138. The van der Waals surface area contributed by atoms with Gasteiger partial charge in [0, 0.05) is 30.3 Å². The lowest BCUT2D eigenvalue weighted by Crippen LogP contribution is -2.23. The maximum Gasteiger partial charge on any atom is 0.331 e. The van der Waals surface area contributed by atoms with E-state index >= 15 is 0 Å². The number of hydrogen-bond acceptors (Lipinski definition) is 4. The van der Waals surface area contributed by atoms with Crippen molar-refractivity contribution in [3.8, 4) is 0 Å². The molecule has 0 aliphatic carbocycles. The number of ether oxygens (including phenoxy) is 1. The van der Waals surface area contributed by atoms with Crippen LogP contribution in [-0.4, -0.2) is 18.4 Å². The first-order chi connectivity index (χ1) is 11.6. The van der Waals surface area contributed by atoms with E-state index in [1.807, 2.05) is 35.7 Å². The van der Waals surface area contributed by atoms with Gasteiger partial charge in [-0.3, -0.25) is 4.79 Å². The summed E-state index contributed by atoms with van der Waals surface area (Å²) < 4.78 is 6.20. The van der Waals surface area contributed by atoms with Crippen LogP contribution in [0.4, 0.5) is 5.69 Å². The Morgan fingerprint density at radius 1 is 1.33 bits per heavy atom. The van der Waals surface area contributed by atoms with E-state index in [9.17, 15) is 9.59 Å². The van der Waals surface area contributed by atoms with Gasteiger partial charge in [-0.15, -0.1) is 11.3 Å². The van der Waals surface area contributed by atoms with E-state index in [2.05, 4.69) is 15.9 Å². The first-order valence-electron chi connectivity index (χ1n) is 7.60. The lowest BCUT2D eigenvalue weighted by Gasteiger charge is -2.15. The van der Waals surface area contributed by atoms with Crippen molar-refractivity contribution in [3.05, 3.63) is 56.7 Å². The number of rotatable bonds is 5. The average Bonchev–Trinajstić information content (AvgIpc) is 3.20. The molecule has 1 fully saturated rings. The molecule has 1 aromatic heterocycles. The minimum atomic E-state index is -0.379. The zero-order valence-corrected chi connectivity index (χ0v) is 15.3. The molecule has 6 heteroatoms. The van der Waals surface area contributed by atoms with Gasteiger partial charge in [-0.1, -0.05) is 12.1 Å². The number of carbonyl (C=O) groups is 2. The molecule has 0 saturated carbocycles. The molecule has 3 rings (SSSR count). The maximum absolute atomic E-state index is 11.7. The molecule has 0 radical (unpaired) electrons. The van der Waals surface area contributed by atoms with Crippen molar-refractivity contribution in [2.24, 2.45) is 0 Å². The van der Waals surface area contributed by atoms with Crippen molar-refractivity contribution in [1.82, 2.24) is 0 Å². The molecule has 1 aliphatic rings. The molecule has 2 aromatic rings. The molecule has 0 N–H and O–H groups in total. The van der Waals surface area contributed by atoms with Crippen LogP contribution in [0.1, 0.15) is 24.0 Å². The van der Waals surface area contributed by atoms with Gasteiger partial charge in [0.1, 0.15) is 6.61 Å². The Morgan fingerprint density at radius 2 is 2.12 bits per heavy atom. The second-order valence-corrected chi connectivity index (χ2v) is 7.73. The van der Waals surface area contributed by atoms with E-state index in [0.29, 0.717) is 6.42 Å². The van der Waals surface area contributed by atoms with E-state index in [1.54, 1.807) is 22.3 Å². The SMILES string of the molecule is O=C(/C=C/c1ccc(N2CCCC2=O)cc1)OCc1csc(Br)c1. The van der Waals surface area contributed by atoms with Gasteiger partial charge in [0.15, 0.2) is 0 Å². The first kappa shape index (κ1) is 16.9. The van der Waals surface area contributed by atoms with Crippen LogP contribution in [0.15, 0.2) is 45.6 Å². The zero-order chi connectivity index (χ0) is 16.9. The summed E-state index contributed by atoms with van der Waals surface area (Å²) in [6, 6.07) is 9.51. The molecule has 1 aromatic carbocycles. The zero-order valence-electron chi connectivity index (χ0n) is 12.9. The fourth-order valence-electron chi connectivity index (χ4n) is 2.47. The van der Waals surface area contributed by atoms with E-state index in [-0.39, 0.29) is 18.5 Å². The van der Waals surface area contributed by atoms with Crippen LogP contribution in [0.25, 0.3) is 6.08 Å². The molecule has 1 saturated heterocycles. The normalized spacial score (nSPS) is 14.5. The number of benzene rings is 1. The third-order valence-corrected chi connectivity index (χ3v) is 5.25. The minimum Gasteiger partial charge on any atom is -0.458 e. The topological polar surface area (TPSA) is 46.6 Å². The van der Waals surface area contributed by atoms with Crippen LogP contribution in [0.2, 0.25) is 0 Å². The smallest absolute Gasteiger partial charge is 0.331 e. The molecule has 0 atom stereocenters. The van der Waals surface area contributed by atoms with Gasteiger partial charge >= 0.3 is 5.97 Å². The van der Waals surface area contributed by atoms with E-state index in [0.717, 1.165) is 33.6 Å². The Hall–Kier alpha value is -1.92. The Bertz CT molecular complexity index is 767. The van der Waals surface area contributed by atoms with Gasteiger partial charge in [0.2, 0.25) is 5.91 Å². The van der Waals surface area contributed by atoms with E-state index in [1.165, 1.54) is 6.08 Å². The van der Waals surface area contributed by atoms with Crippen LogP contribution in [-0.2, 0) is 20.9 Å². The Labute approximate surface area is 152 Å². The first-order valence-corrected chi connectivity index (χ1v) is 9.27. The standard InChI is InChI=1S/C18H16BrNO3S/c19-16-10-14(12-24-16)11-23-18(22)8-5-13-3-6-15(7-4-13)20-9-1-2-17(20)21/h3-8,10,12H,1-2,9,11H2/b8-5+. The van der Waals surface area contributed by atoms with Gasteiger partial charge in [0.25, 0.3) is 0 Å². The summed E-state index contributed by atoms with van der Waals surface area (Å²) in [6.07, 6.45) is 4.65. The number of amides is 1. The van der Waals surface area contributed by atoms with Crippen molar-refractivity contribution in [1.29, 1.82) is 0 Å². The van der Waals surface area contributed by atoms with Crippen molar-refractivity contribution in [3.63, 3.8) is 0 Å². The average molecular weight is 406 g/mol. The van der Waals surface area contributed by atoms with Gasteiger partial charge in [-0.25, -0.2) is 4.79 Å². The van der Waals surface area contributed by atoms with E-state index < -0.39 is 0 Å². The highest BCUT2D eigenvalue weighted by atomic mass is 79.9. The highest BCUT2D eigenvalue weighted by Crippen LogP contribution is 2.22. The summed E-state index contributed by atoms with van der Waals surface area (Å²) in [6.45, 7) is 1.04. The monoisotopic (exact) mass is 405 g/mol. The molecule has 1 amide bonds. The molecule has 1 aliphatic heterocycles. The molecule has 24 heavy (non-hydrogen) atoms. The highest BCUT2D eigenvalue weighted by molar-refractivity contribution is 9.11. The maximum atomic E-state index is 11.7. The third-order valence-electron chi connectivity index (χ3n) is 3.69. The second-order valence-electron chi connectivity index (χ2n) is 5.44. The number of carbonyl (C=O) groups excluding carboxylic acids is 2. The molecule has 124 valence electrons. The third kappa shape index (κ3) is 4.33. The van der Waals surface area contributed by atoms with Crippen LogP contribution in [0, 0.1) is 0 Å². The number of hydrogen-bond donors (Lipinski definition) is 0. The van der Waals surface area contributed by atoms with Gasteiger partial charge in [-0.2, -0.15) is 0 Å². The molecule has 2 heterocycles. The summed E-state index contributed by atoms with van der Waals surface area (Å²) >= 11 is 4.93. The molecule has 0 bridgehead atoms. The predicted molar refractivity (Wildman–Crippen MR) is 98.9 cm³/mol. The molecule has 0 spiro atoms. The molecule has 0 unspecified atom stereocenters. The Kier molecular flexibility index (Phi) is 5.48. The Balaban J connectivity index is 1.54. The number of thiophene rings is 1. The van der Waals surface area contributed by atoms with Gasteiger partial charge in [-0.05, 0) is 57.6 Å². The van der Waals surface area contributed by atoms with Gasteiger partial charge in [0.05, 0.1) is 3.79 Å². The summed E-state index contributed by atoms with van der Waals surface area (Å²) in [4.78, 5) is 25.3. The number of esters is 1. The summed E-state index contributed by atoms with van der Waals surface area (Å²) in [7, 11) is 0. The number of anilines is 1. The largest absolute Gasteiger partial charge is 0.458 e. The van der Waals surface area contributed by atoms with E-state index in [4.69, 9.17) is 4.74 Å². The number of nitrogens with zero attached hydrogens (tertiary/aromatic N) is 1. The van der Waals surface area contributed by atoms with Crippen molar-refractivity contribution < 1.29 is 14.3 Å². The van der Waals surface area contributed by atoms with Crippen LogP contribution in [0.3, 0.4) is 0 Å². The van der Waals surface area contributed by atoms with Crippen molar-refractivity contribution >= 4 is 50.9 Å². The predicted octanol–water partition coefficient (Wildman–Crippen LogP) is 4.39. The molecular formula is C18H16BrNO3S. The fraction of sp³-hybridized carbons (Fsp3) is 0.222. The fourth-order valence-corrected chi connectivity index (χ4v) is 3.67. The quantitative estimate of drug-likeness (QED) is 0.547. The van der Waals surface area contributed by atoms with Gasteiger partial charge < -0.3 is 9.64 Å². The van der Waals surface area contributed by atoms with Crippen LogP contribution < -0.4 is 4.90 Å². The summed E-state index contributed by atoms with van der Waals surface area (Å²) in [5.74, 6) is -0.210. The number of halogens is 1. The Morgan fingerprint density at radius 3 is 2.75 bits per heavy atom. The second kappa shape index (κ2) is 7.77. The summed E-state index contributed by atoms with van der Waals surface area (Å²) in [5.41, 5.74) is 2.76. The highest BCUT2D eigenvalue weighted by Gasteiger charge is 2.21. The van der Waals surface area contributed by atoms with Crippen molar-refractivity contribution in [2.75, 3.05) is 11.4 Å². The summed E-state index contributed by atoms with van der Waals surface area (Å²) in [5, 5.41) is 1.94. The van der Waals surface area contributed by atoms with Crippen LogP contribution >= 0.6 is 27.3 Å². The lowest BCUT2D eigenvalue weighted by atomic mass is 10.2. The van der Waals surface area contributed by atoms with Crippen molar-refractivity contribution in [2.45, 2.75) is 19.4 Å². The molecule has 4 nitrogen and oxygen atoms in total. The minimum absolute atomic E-state index is 0.168. The van der Waals surface area contributed by atoms with Crippen LogP contribution in [0.5, 0.6) is 0 Å². The molecular weight excluding hydrogens is 390 g/mol.